The molecule has 1 unspecified atom stereocenters. The van der Waals surface area contributed by atoms with Gasteiger partial charge in [-0.25, -0.2) is 4.39 Å². The number of ether oxygens (including phenoxy) is 1. The summed E-state index contributed by atoms with van der Waals surface area (Å²) in [5, 5.41) is 2.96. The molecule has 27 heavy (non-hydrogen) atoms. The van der Waals surface area contributed by atoms with Gasteiger partial charge in [0.1, 0.15) is 11.6 Å². The van der Waals surface area contributed by atoms with Crippen LogP contribution in [0, 0.1) is 5.82 Å². The monoisotopic (exact) mass is 371 g/mol. The summed E-state index contributed by atoms with van der Waals surface area (Å²) in [5.74, 6) is 0.248. The van der Waals surface area contributed by atoms with Crippen LogP contribution in [-0.4, -0.2) is 62.1 Å². The lowest BCUT2D eigenvalue weighted by Gasteiger charge is -2.38. The van der Waals surface area contributed by atoms with Crippen molar-refractivity contribution in [3.05, 3.63) is 66.0 Å². The van der Waals surface area contributed by atoms with Gasteiger partial charge in [-0.1, -0.05) is 30.3 Å². The van der Waals surface area contributed by atoms with Gasteiger partial charge in [0.25, 0.3) is 5.91 Å². The first-order chi connectivity index (χ1) is 13.1. The van der Waals surface area contributed by atoms with Crippen molar-refractivity contribution in [2.45, 2.75) is 6.04 Å². The number of hydrogen-bond acceptors (Lipinski definition) is 4. The molecule has 3 rings (SSSR count). The Kier molecular flexibility index (Phi) is 6.79. The topological polar surface area (TPSA) is 44.8 Å². The van der Waals surface area contributed by atoms with Crippen molar-refractivity contribution in [3.8, 4) is 5.75 Å². The quantitative estimate of drug-likeness (QED) is 0.811. The van der Waals surface area contributed by atoms with Gasteiger partial charge in [0.05, 0.1) is 6.04 Å². The van der Waals surface area contributed by atoms with E-state index in [2.05, 4.69) is 22.2 Å². The van der Waals surface area contributed by atoms with E-state index >= 15 is 0 Å². The number of amides is 1. The third-order valence-corrected chi connectivity index (χ3v) is 4.84. The van der Waals surface area contributed by atoms with E-state index in [1.165, 1.54) is 12.1 Å². The van der Waals surface area contributed by atoms with Crippen LogP contribution in [-0.2, 0) is 4.79 Å². The van der Waals surface area contributed by atoms with Gasteiger partial charge >= 0.3 is 0 Å². The summed E-state index contributed by atoms with van der Waals surface area (Å²) in [7, 11) is 2.10. The Balaban J connectivity index is 1.59. The van der Waals surface area contributed by atoms with Crippen LogP contribution in [0.5, 0.6) is 5.75 Å². The number of para-hydroxylation sites is 1. The van der Waals surface area contributed by atoms with Gasteiger partial charge in [0, 0.05) is 32.7 Å². The first-order valence-corrected chi connectivity index (χ1v) is 9.24. The Morgan fingerprint density at radius 3 is 2.41 bits per heavy atom. The van der Waals surface area contributed by atoms with E-state index in [0.717, 1.165) is 31.7 Å². The fraction of sp³-hybridized carbons (Fsp3) is 0.381. The number of nitrogens with one attached hydrogen (secondary N) is 1. The highest BCUT2D eigenvalue weighted by atomic mass is 19.1. The average Bonchev–Trinajstić information content (AvgIpc) is 2.70. The number of hydrogen-bond donors (Lipinski definition) is 1. The Bertz CT molecular complexity index is 716. The lowest BCUT2D eigenvalue weighted by atomic mass is 10.0. The number of rotatable bonds is 7. The van der Waals surface area contributed by atoms with Crippen LogP contribution < -0.4 is 10.1 Å². The Morgan fingerprint density at radius 1 is 1.07 bits per heavy atom. The first-order valence-electron chi connectivity index (χ1n) is 9.24. The maximum atomic E-state index is 13.3. The maximum Gasteiger partial charge on any atom is 0.258 e. The van der Waals surface area contributed by atoms with Crippen molar-refractivity contribution in [3.63, 3.8) is 0 Å². The zero-order valence-corrected chi connectivity index (χ0v) is 15.6. The molecule has 1 amide bonds. The normalized spacial score (nSPS) is 16.7. The van der Waals surface area contributed by atoms with Crippen LogP contribution in [0.3, 0.4) is 0 Å². The van der Waals surface area contributed by atoms with E-state index in [1.54, 1.807) is 12.1 Å². The fourth-order valence-corrected chi connectivity index (χ4v) is 3.20. The van der Waals surface area contributed by atoms with Crippen LogP contribution in [0.1, 0.15) is 11.6 Å². The molecule has 2 aromatic rings. The smallest absolute Gasteiger partial charge is 0.258 e. The molecule has 1 N–H and O–H groups in total. The second-order valence-electron chi connectivity index (χ2n) is 6.81. The van der Waals surface area contributed by atoms with Crippen molar-refractivity contribution >= 4 is 5.91 Å². The molecule has 0 spiro atoms. The highest BCUT2D eigenvalue weighted by Crippen LogP contribution is 2.22. The molecule has 0 bridgehead atoms. The number of likely N-dealkylation sites (N-methyl/N-ethyl adjacent to an activating group) is 1. The molecule has 0 aromatic heterocycles. The summed E-state index contributed by atoms with van der Waals surface area (Å²) in [6.07, 6.45) is 0. The van der Waals surface area contributed by atoms with Crippen molar-refractivity contribution < 1.29 is 13.9 Å². The fourth-order valence-electron chi connectivity index (χ4n) is 3.20. The van der Waals surface area contributed by atoms with Gasteiger partial charge in [-0.15, -0.1) is 0 Å². The molecule has 1 saturated heterocycles. The molecule has 0 radical (unpaired) electrons. The summed E-state index contributed by atoms with van der Waals surface area (Å²) in [4.78, 5) is 16.8. The molecular weight excluding hydrogens is 345 g/mol. The molecule has 5 nitrogen and oxygen atoms in total. The molecular formula is C21H26FN3O2. The number of halogens is 1. The van der Waals surface area contributed by atoms with Crippen LogP contribution in [0.2, 0.25) is 0 Å². The van der Waals surface area contributed by atoms with Gasteiger partial charge in [-0.2, -0.15) is 0 Å². The number of piperazine rings is 1. The van der Waals surface area contributed by atoms with Gasteiger partial charge in [0.2, 0.25) is 0 Å². The number of nitrogens with zero attached hydrogens (tertiary/aromatic N) is 2. The van der Waals surface area contributed by atoms with Crippen molar-refractivity contribution in [1.82, 2.24) is 15.1 Å². The molecule has 1 aliphatic rings. The number of carbonyl (C=O) groups is 1. The predicted octanol–water partition coefficient (Wildman–Crippen LogP) is 2.31. The molecule has 0 aliphatic carbocycles. The molecule has 6 heteroatoms. The van der Waals surface area contributed by atoms with Crippen molar-refractivity contribution in [2.24, 2.45) is 0 Å². The molecule has 2 aromatic carbocycles. The predicted molar refractivity (Wildman–Crippen MR) is 103 cm³/mol. The zero-order valence-electron chi connectivity index (χ0n) is 15.6. The third-order valence-electron chi connectivity index (χ3n) is 4.84. The minimum absolute atomic E-state index is 0.0139. The molecule has 0 saturated carbocycles. The second kappa shape index (κ2) is 9.48. The molecule has 1 aliphatic heterocycles. The average molecular weight is 371 g/mol. The minimum atomic E-state index is -0.254. The van der Waals surface area contributed by atoms with E-state index < -0.39 is 0 Å². The Hall–Kier alpha value is -2.44. The van der Waals surface area contributed by atoms with E-state index in [1.807, 2.05) is 30.3 Å². The van der Waals surface area contributed by atoms with Crippen LogP contribution in [0.4, 0.5) is 4.39 Å². The SMILES string of the molecule is CN1CCN(C(CNC(=O)COc2ccccc2)c2ccc(F)cc2)CC1. The summed E-state index contributed by atoms with van der Waals surface area (Å²) in [6.45, 7) is 4.21. The zero-order chi connectivity index (χ0) is 19.1. The highest BCUT2D eigenvalue weighted by molar-refractivity contribution is 5.77. The molecule has 1 atom stereocenters. The Labute approximate surface area is 159 Å². The highest BCUT2D eigenvalue weighted by Gasteiger charge is 2.24. The van der Waals surface area contributed by atoms with E-state index in [-0.39, 0.29) is 24.4 Å². The van der Waals surface area contributed by atoms with Gasteiger partial charge < -0.3 is 15.0 Å². The Morgan fingerprint density at radius 2 is 1.74 bits per heavy atom. The van der Waals surface area contributed by atoms with Gasteiger partial charge in [0.15, 0.2) is 6.61 Å². The summed E-state index contributed by atoms with van der Waals surface area (Å²) < 4.78 is 18.8. The number of carbonyl (C=O) groups excluding carboxylic acids is 1. The van der Waals surface area contributed by atoms with E-state index in [4.69, 9.17) is 4.74 Å². The lowest BCUT2D eigenvalue weighted by molar-refractivity contribution is -0.123. The lowest BCUT2D eigenvalue weighted by Crippen LogP contribution is -2.48. The molecule has 1 heterocycles. The van der Waals surface area contributed by atoms with Crippen molar-refractivity contribution in [2.75, 3.05) is 46.4 Å². The largest absolute Gasteiger partial charge is 0.484 e. The maximum absolute atomic E-state index is 13.3. The van der Waals surface area contributed by atoms with Crippen LogP contribution in [0.15, 0.2) is 54.6 Å². The molecule has 1 fully saturated rings. The summed E-state index contributed by atoms with van der Waals surface area (Å²) in [6, 6.07) is 15.8. The summed E-state index contributed by atoms with van der Waals surface area (Å²) >= 11 is 0. The standard InChI is InChI=1S/C21H26FN3O2/c1-24-11-13-25(14-12-24)20(17-7-9-18(22)10-8-17)15-23-21(26)16-27-19-5-3-2-4-6-19/h2-10,20H,11-16H2,1H3,(H,23,26). The second-order valence-corrected chi connectivity index (χ2v) is 6.81. The van der Waals surface area contributed by atoms with Crippen molar-refractivity contribution in [1.29, 1.82) is 0 Å². The minimum Gasteiger partial charge on any atom is -0.484 e. The van der Waals surface area contributed by atoms with E-state index in [9.17, 15) is 9.18 Å². The van der Waals surface area contributed by atoms with Crippen LogP contribution >= 0.6 is 0 Å². The van der Waals surface area contributed by atoms with Crippen LogP contribution in [0.25, 0.3) is 0 Å². The molecule has 144 valence electrons. The summed E-state index contributed by atoms with van der Waals surface area (Å²) in [5.41, 5.74) is 1.00. The van der Waals surface area contributed by atoms with Gasteiger partial charge in [-0.05, 0) is 36.9 Å². The number of benzene rings is 2. The van der Waals surface area contributed by atoms with Gasteiger partial charge in [-0.3, -0.25) is 9.69 Å². The van der Waals surface area contributed by atoms with E-state index in [0.29, 0.717) is 12.3 Å². The first kappa shape index (κ1) is 19.3. The third kappa shape index (κ3) is 5.77.